The van der Waals surface area contributed by atoms with Crippen molar-refractivity contribution in [3.63, 3.8) is 0 Å². The number of hydrogen-bond acceptors (Lipinski definition) is 2. The second-order valence-corrected chi connectivity index (χ2v) is 5.55. The number of benzene rings is 2. The molecule has 2 aromatic rings. The Balaban J connectivity index is 0. The van der Waals surface area contributed by atoms with E-state index in [1.807, 2.05) is 24.3 Å². The average molecular weight is 316 g/mol. The predicted octanol–water partition coefficient (Wildman–Crippen LogP) is 3.84. The van der Waals surface area contributed by atoms with E-state index in [0.29, 0.717) is 0 Å². The van der Waals surface area contributed by atoms with Gasteiger partial charge < -0.3 is 8.17 Å². The molecule has 0 spiro atoms. The molecule has 0 aliphatic heterocycles. The van der Waals surface area contributed by atoms with Crippen molar-refractivity contribution in [3.8, 4) is 0 Å². The zero-order valence-electron chi connectivity index (χ0n) is 12.7. The molecule has 0 bridgehead atoms. The molecule has 96 valence electrons. The molecule has 2 rings (SSSR count). The largest absolute Gasteiger partial charge is 2.00 e. The third-order valence-corrected chi connectivity index (χ3v) is 3.87. The predicted molar refractivity (Wildman–Crippen MR) is 91.6 cm³/mol. The third-order valence-electron chi connectivity index (χ3n) is 2.49. The molecular weight excluding hydrogens is 298 g/mol. The maximum Gasteiger partial charge on any atom is 2.00 e. The summed E-state index contributed by atoms with van der Waals surface area (Å²) in [5.41, 5.74) is 2.55. The summed E-state index contributed by atoms with van der Waals surface area (Å²) in [4.78, 5) is 0. The van der Waals surface area contributed by atoms with E-state index in [9.17, 15) is 0 Å². The van der Waals surface area contributed by atoms with E-state index in [0.717, 1.165) is 16.6 Å². The normalized spacial score (nSPS) is 9.47. The minimum absolute atomic E-state index is 0. The van der Waals surface area contributed by atoms with Gasteiger partial charge in [0.25, 0.3) is 0 Å². The molecule has 0 aliphatic rings. The van der Waals surface area contributed by atoms with Crippen molar-refractivity contribution in [3.05, 3.63) is 71.8 Å². The van der Waals surface area contributed by atoms with Gasteiger partial charge in [-0.3, -0.25) is 0 Å². The van der Waals surface area contributed by atoms with Gasteiger partial charge in [-0.1, -0.05) is 84.6 Å². The van der Waals surface area contributed by atoms with Gasteiger partial charge in [0.2, 0.25) is 0 Å². The van der Waals surface area contributed by atoms with E-state index < -0.39 is 0 Å². The molecule has 1 nitrogen and oxygen atoms in total. The molecular formula is C15H17CaNS2. The molecule has 0 saturated carbocycles. The molecule has 2 aromatic carbocycles. The minimum Gasteiger partial charge on any atom is -1.00 e. The van der Waals surface area contributed by atoms with Crippen LogP contribution in [-0.2, 0) is 12.3 Å². The molecule has 0 heterocycles. The Morgan fingerprint density at radius 1 is 0.947 bits per heavy atom. The van der Waals surface area contributed by atoms with Gasteiger partial charge in [0, 0.05) is 12.3 Å². The number of thioether (sulfide) groups is 1. The van der Waals surface area contributed by atoms with Crippen LogP contribution in [0.2, 0.25) is 0 Å². The summed E-state index contributed by atoms with van der Waals surface area (Å²) in [6.07, 6.45) is 0. The van der Waals surface area contributed by atoms with Crippen molar-refractivity contribution in [2.75, 3.05) is 0 Å². The van der Waals surface area contributed by atoms with Crippen LogP contribution in [-0.4, -0.2) is 42.1 Å². The van der Waals surface area contributed by atoms with Crippen LogP contribution < -0.4 is 5.32 Å². The average Bonchev–Trinajstić information content (AvgIpc) is 2.45. The molecule has 0 radical (unpaired) electrons. The Hall–Kier alpha value is -0.0603. The molecule has 0 atom stereocenters. The SMILES string of the molecule is S=C(NCc1ccccc1)SCc1ccccc1.[Ca+2].[H-].[H-]. The van der Waals surface area contributed by atoms with Crippen molar-refractivity contribution >= 4 is 66.0 Å². The molecule has 0 fully saturated rings. The number of hydrogen-bond donors (Lipinski definition) is 1. The fourth-order valence-corrected chi connectivity index (χ4v) is 2.46. The van der Waals surface area contributed by atoms with Crippen LogP contribution in [0.1, 0.15) is 14.0 Å². The van der Waals surface area contributed by atoms with E-state index in [-0.39, 0.29) is 40.6 Å². The molecule has 4 heteroatoms. The van der Waals surface area contributed by atoms with Gasteiger partial charge in [0.05, 0.1) is 0 Å². The summed E-state index contributed by atoms with van der Waals surface area (Å²) in [7, 11) is 0. The summed E-state index contributed by atoms with van der Waals surface area (Å²) < 4.78 is 0.850. The molecule has 0 aromatic heterocycles. The van der Waals surface area contributed by atoms with Gasteiger partial charge in [0.15, 0.2) is 0 Å². The van der Waals surface area contributed by atoms with Crippen LogP contribution in [0.5, 0.6) is 0 Å². The molecule has 0 aliphatic carbocycles. The first kappa shape index (κ1) is 17.0. The monoisotopic (exact) mass is 315 g/mol. The maximum absolute atomic E-state index is 5.30. The molecule has 0 saturated heterocycles. The van der Waals surface area contributed by atoms with Crippen molar-refractivity contribution < 1.29 is 2.85 Å². The Morgan fingerprint density at radius 3 is 2.05 bits per heavy atom. The van der Waals surface area contributed by atoms with Crippen LogP contribution in [0.25, 0.3) is 0 Å². The van der Waals surface area contributed by atoms with Crippen molar-refractivity contribution in [1.82, 2.24) is 5.32 Å². The third kappa shape index (κ3) is 6.77. The standard InChI is InChI=1S/C15H15NS2.Ca.2H/c17-15(16-11-13-7-3-1-4-8-13)18-12-14-9-5-2-6-10-14;;;/h1-10H,11-12H2,(H,16,17);;;/q;+2;2*-1. The Labute approximate surface area is 157 Å². The molecule has 0 unspecified atom stereocenters. The molecule has 19 heavy (non-hydrogen) atoms. The zero-order valence-corrected chi connectivity index (χ0v) is 14.6. The van der Waals surface area contributed by atoms with Crippen LogP contribution >= 0.6 is 24.0 Å². The van der Waals surface area contributed by atoms with Gasteiger partial charge in [-0.2, -0.15) is 0 Å². The number of rotatable bonds is 4. The van der Waals surface area contributed by atoms with Gasteiger partial charge in [-0.05, 0) is 11.1 Å². The number of nitrogens with one attached hydrogen (secondary N) is 1. The quantitative estimate of drug-likeness (QED) is 0.680. The van der Waals surface area contributed by atoms with Crippen LogP contribution in [0.15, 0.2) is 60.7 Å². The first-order chi connectivity index (χ1) is 8.84. The zero-order chi connectivity index (χ0) is 12.6. The Bertz CT molecular complexity index is 452. The van der Waals surface area contributed by atoms with Crippen LogP contribution in [0.4, 0.5) is 0 Å². The van der Waals surface area contributed by atoms with Crippen molar-refractivity contribution in [2.45, 2.75) is 12.3 Å². The summed E-state index contributed by atoms with van der Waals surface area (Å²) in [6, 6.07) is 20.7. The Kier molecular flexibility index (Phi) is 8.75. The van der Waals surface area contributed by atoms with Gasteiger partial charge in [-0.15, -0.1) is 0 Å². The van der Waals surface area contributed by atoms with Gasteiger partial charge in [0.1, 0.15) is 4.32 Å². The maximum atomic E-state index is 5.30. The van der Waals surface area contributed by atoms with E-state index in [4.69, 9.17) is 12.2 Å². The summed E-state index contributed by atoms with van der Waals surface area (Å²) >= 11 is 6.97. The summed E-state index contributed by atoms with van der Waals surface area (Å²) in [6.45, 7) is 0.793. The first-order valence-corrected chi connectivity index (χ1v) is 7.22. The second kappa shape index (κ2) is 9.78. The fourth-order valence-electron chi connectivity index (χ4n) is 1.54. The summed E-state index contributed by atoms with van der Waals surface area (Å²) in [5, 5.41) is 3.26. The number of thiocarbonyl (C=S) groups is 1. The van der Waals surface area contributed by atoms with E-state index >= 15 is 0 Å². The molecule has 1 N–H and O–H groups in total. The Morgan fingerprint density at radius 2 is 1.47 bits per heavy atom. The topological polar surface area (TPSA) is 12.0 Å². The smallest absolute Gasteiger partial charge is 1.00 e. The van der Waals surface area contributed by atoms with Crippen LogP contribution in [0, 0.1) is 0 Å². The van der Waals surface area contributed by atoms with E-state index in [1.54, 1.807) is 11.8 Å². The minimum atomic E-state index is 0. The molecule has 0 amide bonds. The van der Waals surface area contributed by atoms with Crippen molar-refractivity contribution in [2.24, 2.45) is 0 Å². The summed E-state index contributed by atoms with van der Waals surface area (Å²) in [5.74, 6) is 0.918. The van der Waals surface area contributed by atoms with Gasteiger partial charge >= 0.3 is 37.7 Å². The second-order valence-electron chi connectivity index (χ2n) is 3.90. The van der Waals surface area contributed by atoms with Gasteiger partial charge in [-0.25, -0.2) is 0 Å². The first-order valence-electron chi connectivity index (χ1n) is 5.83. The van der Waals surface area contributed by atoms with E-state index in [2.05, 4.69) is 41.7 Å². The van der Waals surface area contributed by atoms with E-state index in [1.165, 1.54) is 11.1 Å². The fraction of sp³-hybridized carbons (Fsp3) is 0.133. The van der Waals surface area contributed by atoms with Crippen LogP contribution in [0.3, 0.4) is 0 Å². The van der Waals surface area contributed by atoms with Crippen molar-refractivity contribution in [1.29, 1.82) is 0 Å².